The van der Waals surface area contributed by atoms with Crippen LogP contribution in [0, 0.1) is 29.1 Å². The summed E-state index contributed by atoms with van der Waals surface area (Å²) in [6, 6.07) is 5.41. The first-order valence-corrected chi connectivity index (χ1v) is 10.8. The predicted molar refractivity (Wildman–Crippen MR) is 113 cm³/mol. The molecule has 2 heterocycles. The molecule has 0 radical (unpaired) electrons. The Morgan fingerprint density at radius 1 is 1.21 bits per heavy atom. The van der Waals surface area contributed by atoms with Crippen molar-refractivity contribution >= 4 is 17.5 Å². The van der Waals surface area contributed by atoms with E-state index in [9.17, 15) is 9.59 Å². The van der Waals surface area contributed by atoms with Crippen molar-refractivity contribution in [3.8, 4) is 0 Å². The van der Waals surface area contributed by atoms with E-state index < -0.39 is 0 Å². The maximum Gasteiger partial charge on any atom is 0.271 e. The summed E-state index contributed by atoms with van der Waals surface area (Å²) < 4.78 is 1.71. The van der Waals surface area contributed by atoms with Crippen molar-refractivity contribution in [2.24, 2.45) is 29.1 Å². The van der Waals surface area contributed by atoms with Gasteiger partial charge >= 0.3 is 0 Å². The van der Waals surface area contributed by atoms with Crippen LogP contribution in [-0.2, 0) is 0 Å². The van der Waals surface area contributed by atoms with Gasteiger partial charge < -0.3 is 10.6 Å². The third kappa shape index (κ3) is 3.65. The fourth-order valence-electron chi connectivity index (χ4n) is 5.21. The molecule has 6 heteroatoms. The topological polar surface area (TPSA) is 75.5 Å². The highest BCUT2D eigenvalue weighted by Crippen LogP contribution is 2.61. The zero-order valence-corrected chi connectivity index (χ0v) is 17.9. The Morgan fingerprint density at radius 2 is 2.00 bits per heavy atom. The van der Waals surface area contributed by atoms with Crippen LogP contribution in [0.1, 0.15) is 67.9 Å². The van der Waals surface area contributed by atoms with Crippen molar-refractivity contribution in [2.75, 3.05) is 13.1 Å². The molecule has 0 unspecified atom stereocenters. The maximum atomic E-state index is 12.9. The molecule has 3 aliphatic rings. The summed E-state index contributed by atoms with van der Waals surface area (Å²) in [5.74, 6) is 2.17. The van der Waals surface area contributed by atoms with Gasteiger partial charge in [0.1, 0.15) is 17.0 Å². The Balaban J connectivity index is 1.45. The van der Waals surface area contributed by atoms with Crippen LogP contribution in [0.5, 0.6) is 0 Å². The van der Waals surface area contributed by atoms with E-state index in [2.05, 4.69) is 29.5 Å². The van der Waals surface area contributed by atoms with Gasteiger partial charge in [0.25, 0.3) is 11.8 Å². The molecule has 3 saturated carbocycles. The van der Waals surface area contributed by atoms with Gasteiger partial charge in [0.2, 0.25) is 0 Å². The van der Waals surface area contributed by atoms with Gasteiger partial charge in [-0.3, -0.25) is 14.0 Å². The Kier molecular flexibility index (Phi) is 5.13. The van der Waals surface area contributed by atoms with Crippen molar-refractivity contribution < 1.29 is 9.59 Å². The van der Waals surface area contributed by atoms with E-state index in [1.807, 2.05) is 26.0 Å². The Morgan fingerprint density at radius 3 is 2.69 bits per heavy atom. The second-order valence-corrected chi connectivity index (χ2v) is 9.78. The largest absolute Gasteiger partial charge is 0.350 e. The average Bonchev–Trinajstić information content (AvgIpc) is 3.14. The third-order valence-corrected chi connectivity index (χ3v) is 7.15. The highest BCUT2D eigenvalue weighted by Gasteiger charge is 2.53. The van der Waals surface area contributed by atoms with E-state index in [0.29, 0.717) is 53.3 Å². The predicted octanol–water partition coefficient (Wildman–Crippen LogP) is 3.52. The van der Waals surface area contributed by atoms with E-state index in [4.69, 9.17) is 0 Å². The zero-order valence-electron chi connectivity index (χ0n) is 17.9. The molecule has 0 spiro atoms. The quantitative estimate of drug-likeness (QED) is 0.784. The highest BCUT2D eigenvalue weighted by atomic mass is 16.2. The molecular weight excluding hydrogens is 364 g/mol. The number of imidazole rings is 1. The van der Waals surface area contributed by atoms with Gasteiger partial charge in [0, 0.05) is 19.3 Å². The van der Waals surface area contributed by atoms with Crippen molar-refractivity contribution in [1.29, 1.82) is 0 Å². The Bertz CT molecular complexity index is 928. The fourth-order valence-corrected chi connectivity index (χ4v) is 5.21. The van der Waals surface area contributed by atoms with Gasteiger partial charge in [-0.1, -0.05) is 33.8 Å². The first-order valence-electron chi connectivity index (χ1n) is 10.8. The number of hydrogen-bond donors (Lipinski definition) is 2. The van der Waals surface area contributed by atoms with E-state index in [-0.39, 0.29) is 11.8 Å². The summed E-state index contributed by atoms with van der Waals surface area (Å²) in [7, 11) is 0. The number of nitrogens with zero attached hydrogens (tertiary/aromatic N) is 2. The molecule has 0 aromatic carbocycles. The van der Waals surface area contributed by atoms with E-state index in [1.165, 1.54) is 19.3 Å². The van der Waals surface area contributed by atoms with Crippen LogP contribution in [0.2, 0.25) is 0 Å². The average molecular weight is 397 g/mol. The summed E-state index contributed by atoms with van der Waals surface area (Å²) in [6.45, 7) is 10.1. The summed E-state index contributed by atoms with van der Waals surface area (Å²) in [5, 5.41) is 6.02. The first kappa shape index (κ1) is 19.9. The Labute approximate surface area is 172 Å². The van der Waals surface area contributed by atoms with Crippen LogP contribution in [-0.4, -0.2) is 34.3 Å². The van der Waals surface area contributed by atoms with Crippen molar-refractivity contribution in [3.05, 3.63) is 35.8 Å². The van der Waals surface area contributed by atoms with Crippen LogP contribution >= 0.6 is 0 Å². The van der Waals surface area contributed by atoms with E-state index in [1.54, 1.807) is 16.7 Å². The van der Waals surface area contributed by atoms with E-state index in [0.717, 1.165) is 5.92 Å². The number of aromatic nitrogens is 2. The van der Waals surface area contributed by atoms with Crippen LogP contribution < -0.4 is 10.6 Å². The second-order valence-electron chi connectivity index (χ2n) is 9.78. The van der Waals surface area contributed by atoms with E-state index >= 15 is 0 Å². The lowest BCUT2D eigenvalue weighted by Gasteiger charge is -2.60. The molecule has 156 valence electrons. The lowest BCUT2D eigenvalue weighted by molar-refractivity contribution is -0.103. The molecule has 5 rings (SSSR count). The molecular formula is C23H32N4O2. The van der Waals surface area contributed by atoms with Crippen LogP contribution in [0.4, 0.5) is 0 Å². The zero-order chi connectivity index (χ0) is 20.8. The summed E-state index contributed by atoms with van der Waals surface area (Å²) in [4.78, 5) is 29.7. The van der Waals surface area contributed by atoms with Crippen molar-refractivity contribution in [1.82, 2.24) is 20.0 Å². The monoisotopic (exact) mass is 396 g/mol. The molecule has 29 heavy (non-hydrogen) atoms. The number of hydrogen-bond acceptors (Lipinski definition) is 3. The van der Waals surface area contributed by atoms with Crippen molar-refractivity contribution in [3.63, 3.8) is 0 Å². The number of rotatable bonds is 6. The van der Waals surface area contributed by atoms with Crippen molar-refractivity contribution in [2.45, 2.75) is 47.0 Å². The molecule has 2 amide bonds. The maximum absolute atomic E-state index is 12.9. The molecule has 0 aliphatic heterocycles. The number of carbonyl (C=O) groups excluding carboxylic acids is 2. The lowest BCUT2D eigenvalue weighted by Crippen LogP contribution is -2.54. The number of carbonyl (C=O) groups is 2. The van der Waals surface area contributed by atoms with Gasteiger partial charge in [-0.25, -0.2) is 4.98 Å². The first-order chi connectivity index (χ1) is 13.8. The smallest absolute Gasteiger partial charge is 0.271 e. The standard InChI is InChI=1S/C23H32N4O2/c1-14(2)11-24-21(28)18-13-27-19(6-5-7-20(27)26-18)22(29)25-12-15-8-9-16-10-17(15)23(16,3)4/h5-7,13-17H,8-12H2,1-4H3,(H,24,28)(H,25,29)/t15-,16-,17-/m0/s1. The molecule has 0 saturated heterocycles. The molecule has 3 atom stereocenters. The number of amides is 2. The van der Waals surface area contributed by atoms with Crippen LogP contribution in [0.3, 0.4) is 0 Å². The molecule has 3 aliphatic carbocycles. The van der Waals surface area contributed by atoms with Gasteiger partial charge in [0.05, 0.1) is 0 Å². The summed E-state index contributed by atoms with van der Waals surface area (Å²) >= 11 is 0. The molecule has 3 fully saturated rings. The van der Waals surface area contributed by atoms with Crippen LogP contribution in [0.15, 0.2) is 24.4 Å². The third-order valence-electron chi connectivity index (χ3n) is 7.15. The van der Waals surface area contributed by atoms with Gasteiger partial charge in [0.15, 0.2) is 0 Å². The molecule has 6 nitrogen and oxygen atoms in total. The Hall–Kier alpha value is -2.37. The van der Waals surface area contributed by atoms with Gasteiger partial charge in [-0.15, -0.1) is 0 Å². The fraction of sp³-hybridized carbons (Fsp3) is 0.609. The molecule has 2 aromatic rings. The number of pyridine rings is 1. The molecule has 2 N–H and O–H groups in total. The number of nitrogens with one attached hydrogen (secondary N) is 2. The lowest BCUT2D eigenvalue weighted by atomic mass is 9.45. The van der Waals surface area contributed by atoms with Gasteiger partial charge in [-0.2, -0.15) is 0 Å². The normalized spacial score (nSPS) is 24.9. The SMILES string of the molecule is CC(C)CNC(=O)c1cn2c(C(=O)NC[C@@H]3CC[C@H]4C[C@@H]3C4(C)C)cccc2n1. The molecule has 2 bridgehead atoms. The minimum atomic E-state index is -0.210. The van der Waals surface area contributed by atoms with Crippen LogP contribution in [0.25, 0.3) is 5.65 Å². The van der Waals surface area contributed by atoms with Gasteiger partial charge in [-0.05, 0) is 60.5 Å². The summed E-state index contributed by atoms with van der Waals surface area (Å²) in [6.07, 6.45) is 5.43. The highest BCUT2D eigenvalue weighted by molar-refractivity contribution is 5.95. The molecule has 2 aromatic heterocycles. The summed E-state index contributed by atoms with van der Waals surface area (Å²) in [5.41, 5.74) is 1.86. The minimum absolute atomic E-state index is 0.110. The number of fused-ring (bicyclic) bond motifs is 3. The minimum Gasteiger partial charge on any atom is -0.350 e. The second kappa shape index (κ2) is 7.47.